The van der Waals surface area contributed by atoms with E-state index in [2.05, 4.69) is 29.3 Å². The van der Waals surface area contributed by atoms with Gasteiger partial charge in [-0.3, -0.25) is 0 Å². The molecular formula is C18H20N2OS. The first-order valence-electron chi connectivity index (χ1n) is 7.20. The highest BCUT2D eigenvalue weighted by Gasteiger charge is 2.00. The molecule has 0 aliphatic carbocycles. The third-order valence-corrected chi connectivity index (χ3v) is 3.25. The summed E-state index contributed by atoms with van der Waals surface area (Å²) in [5.41, 5.74) is 2.17. The van der Waals surface area contributed by atoms with Gasteiger partial charge in [-0.05, 0) is 29.9 Å². The summed E-state index contributed by atoms with van der Waals surface area (Å²) in [5.74, 6) is 0.826. The topological polar surface area (TPSA) is 33.3 Å². The molecule has 0 unspecified atom stereocenters. The first-order chi connectivity index (χ1) is 10.8. The minimum absolute atomic E-state index is 0.571. The molecule has 0 saturated heterocycles. The van der Waals surface area contributed by atoms with Crippen LogP contribution in [0.3, 0.4) is 0 Å². The van der Waals surface area contributed by atoms with Gasteiger partial charge < -0.3 is 15.4 Å². The molecule has 0 aliphatic heterocycles. The number of anilines is 1. The van der Waals surface area contributed by atoms with Gasteiger partial charge in [0.1, 0.15) is 5.75 Å². The standard InChI is InChI=1S/C18H20N2OS/c1-2-12-19-18(22)20-16-9-6-10-17(14-16)21-13-11-15-7-4-3-5-8-15/h2-10,14H,1,11-13H2,(H2,19,20,22). The maximum absolute atomic E-state index is 5.79. The van der Waals surface area contributed by atoms with Crippen LogP contribution in [0, 0.1) is 0 Å². The van der Waals surface area contributed by atoms with E-state index in [0.29, 0.717) is 18.3 Å². The van der Waals surface area contributed by atoms with Crippen molar-refractivity contribution in [1.82, 2.24) is 5.32 Å². The molecule has 0 fully saturated rings. The first-order valence-corrected chi connectivity index (χ1v) is 7.61. The molecule has 2 aromatic carbocycles. The molecule has 2 rings (SSSR count). The summed E-state index contributed by atoms with van der Waals surface area (Å²) in [6.45, 7) is 4.93. The number of nitrogens with one attached hydrogen (secondary N) is 2. The maximum Gasteiger partial charge on any atom is 0.171 e. The molecule has 114 valence electrons. The Morgan fingerprint density at radius 2 is 1.95 bits per heavy atom. The number of benzene rings is 2. The summed E-state index contributed by atoms with van der Waals surface area (Å²) in [4.78, 5) is 0. The molecule has 0 spiro atoms. The van der Waals surface area contributed by atoms with Gasteiger partial charge in [0.05, 0.1) is 6.61 Å². The molecule has 0 heterocycles. The lowest BCUT2D eigenvalue weighted by molar-refractivity contribution is 0.322. The molecule has 0 bridgehead atoms. The second-order valence-electron chi connectivity index (χ2n) is 4.74. The zero-order chi connectivity index (χ0) is 15.6. The number of hydrogen-bond donors (Lipinski definition) is 2. The number of thiocarbonyl (C=S) groups is 1. The molecule has 4 heteroatoms. The molecular weight excluding hydrogens is 292 g/mol. The fraction of sp³-hybridized carbons (Fsp3) is 0.167. The monoisotopic (exact) mass is 312 g/mol. The maximum atomic E-state index is 5.79. The van der Waals surface area contributed by atoms with Crippen molar-refractivity contribution in [3.63, 3.8) is 0 Å². The Bertz CT molecular complexity index is 613. The Labute approximate surface area is 137 Å². The number of ether oxygens (including phenoxy) is 1. The SMILES string of the molecule is C=CCNC(=S)Nc1cccc(OCCc2ccccc2)c1. The van der Waals surface area contributed by atoms with Crippen LogP contribution in [-0.4, -0.2) is 18.3 Å². The van der Waals surface area contributed by atoms with E-state index in [4.69, 9.17) is 17.0 Å². The van der Waals surface area contributed by atoms with Crippen molar-refractivity contribution in [1.29, 1.82) is 0 Å². The predicted molar refractivity (Wildman–Crippen MR) is 96.5 cm³/mol. The van der Waals surface area contributed by atoms with Gasteiger partial charge in [0.25, 0.3) is 0 Å². The van der Waals surface area contributed by atoms with E-state index < -0.39 is 0 Å². The van der Waals surface area contributed by atoms with Crippen LogP contribution in [-0.2, 0) is 6.42 Å². The van der Waals surface area contributed by atoms with Gasteiger partial charge >= 0.3 is 0 Å². The van der Waals surface area contributed by atoms with Crippen LogP contribution in [0.5, 0.6) is 5.75 Å². The molecule has 0 radical (unpaired) electrons. The first kappa shape index (κ1) is 16.0. The van der Waals surface area contributed by atoms with Crippen LogP contribution >= 0.6 is 12.2 Å². The smallest absolute Gasteiger partial charge is 0.171 e. The Kier molecular flexibility index (Phi) is 6.45. The minimum Gasteiger partial charge on any atom is -0.493 e. The average Bonchev–Trinajstić information content (AvgIpc) is 2.54. The largest absolute Gasteiger partial charge is 0.493 e. The lowest BCUT2D eigenvalue weighted by Crippen LogP contribution is -2.28. The lowest BCUT2D eigenvalue weighted by Gasteiger charge is -2.11. The second kappa shape index (κ2) is 8.85. The van der Waals surface area contributed by atoms with Crippen LogP contribution in [0.25, 0.3) is 0 Å². The molecule has 2 aromatic rings. The molecule has 22 heavy (non-hydrogen) atoms. The fourth-order valence-electron chi connectivity index (χ4n) is 1.94. The summed E-state index contributed by atoms with van der Waals surface area (Å²) in [6.07, 6.45) is 2.65. The van der Waals surface area contributed by atoms with E-state index in [-0.39, 0.29) is 0 Å². The third kappa shape index (κ3) is 5.58. The molecule has 2 N–H and O–H groups in total. The van der Waals surface area contributed by atoms with Gasteiger partial charge in [-0.2, -0.15) is 0 Å². The number of hydrogen-bond acceptors (Lipinski definition) is 2. The fourth-order valence-corrected chi connectivity index (χ4v) is 2.14. The van der Waals surface area contributed by atoms with Crippen LogP contribution in [0.15, 0.2) is 67.3 Å². The molecule has 3 nitrogen and oxygen atoms in total. The van der Waals surface area contributed by atoms with Crippen molar-refractivity contribution in [3.05, 3.63) is 72.8 Å². The van der Waals surface area contributed by atoms with Crippen LogP contribution in [0.1, 0.15) is 5.56 Å². The Hall–Kier alpha value is -2.33. The average molecular weight is 312 g/mol. The van der Waals surface area contributed by atoms with Gasteiger partial charge in [0.2, 0.25) is 0 Å². The highest BCUT2D eigenvalue weighted by atomic mass is 32.1. The Morgan fingerprint density at radius 3 is 2.73 bits per heavy atom. The molecule has 0 atom stereocenters. The van der Waals surface area contributed by atoms with E-state index in [9.17, 15) is 0 Å². The zero-order valence-corrected chi connectivity index (χ0v) is 13.2. The van der Waals surface area contributed by atoms with E-state index in [1.165, 1.54) is 5.56 Å². The molecule has 0 aromatic heterocycles. The van der Waals surface area contributed by atoms with E-state index in [1.807, 2.05) is 42.5 Å². The third-order valence-electron chi connectivity index (χ3n) is 3.00. The quantitative estimate of drug-likeness (QED) is 0.602. The van der Waals surface area contributed by atoms with Crippen molar-refractivity contribution < 1.29 is 4.74 Å². The lowest BCUT2D eigenvalue weighted by atomic mass is 10.2. The van der Waals surface area contributed by atoms with Crippen LogP contribution < -0.4 is 15.4 Å². The van der Waals surface area contributed by atoms with Gasteiger partial charge in [0, 0.05) is 24.7 Å². The van der Waals surface area contributed by atoms with Crippen molar-refractivity contribution in [2.45, 2.75) is 6.42 Å². The van der Waals surface area contributed by atoms with Gasteiger partial charge in [0.15, 0.2) is 5.11 Å². The van der Waals surface area contributed by atoms with Crippen LogP contribution in [0.2, 0.25) is 0 Å². The van der Waals surface area contributed by atoms with E-state index in [1.54, 1.807) is 6.08 Å². The van der Waals surface area contributed by atoms with Crippen molar-refractivity contribution in [3.8, 4) is 5.75 Å². The summed E-state index contributed by atoms with van der Waals surface area (Å²) in [7, 11) is 0. The molecule has 0 saturated carbocycles. The Balaban J connectivity index is 1.83. The summed E-state index contributed by atoms with van der Waals surface area (Å²) in [5, 5.41) is 6.71. The summed E-state index contributed by atoms with van der Waals surface area (Å²) >= 11 is 5.19. The van der Waals surface area contributed by atoms with Crippen LogP contribution in [0.4, 0.5) is 5.69 Å². The van der Waals surface area contributed by atoms with E-state index >= 15 is 0 Å². The van der Waals surface area contributed by atoms with Crippen molar-refractivity contribution in [2.75, 3.05) is 18.5 Å². The van der Waals surface area contributed by atoms with Crippen molar-refractivity contribution >= 4 is 23.0 Å². The number of rotatable bonds is 7. The highest BCUT2D eigenvalue weighted by Crippen LogP contribution is 2.17. The second-order valence-corrected chi connectivity index (χ2v) is 5.14. The summed E-state index contributed by atoms with van der Waals surface area (Å²) in [6, 6.07) is 18.1. The zero-order valence-electron chi connectivity index (χ0n) is 12.4. The molecule has 0 aliphatic rings. The van der Waals surface area contributed by atoms with Crippen molar-refractivity contribution in [2.24, 2.45) is 0 Å². The van der Waals surface area contributed by atoms with Gasteiger partial charge in [-0.1, -0.05) is 42.5 Å². The minimum atomic E-state index is 0.571. The van der Waals surface area contributed by atoms with Gasteiger partial charge in [-0.25, -0.2) is 0 Å². The Morgan fingerprint density at radius 1 is 1.14 bits per heavy atom. The normalized spacial score (nSPS) is 9.82. The molecule has 0 amide bonds. The highest BCUT2D eigenvalue weighted by molar-refractivity contribution is 7.80. The predicted octanol–water partition coefficient (Wildman–Crippen LogP) is 3.78. The van der Waals surface area contributed by atoms with Gasteiger partial charge in [-0.15, -0.1) is 6.58 Å². The summed E-state index contributed by atoms with van der Waals surface area (Å²) < 4.78 is 5.79. The van der Waals surface area contributed by atoms with E-state index in [0.717, 1.165) is 17.9 Å².